The fraction of sp³-hybridized carbons (Fsp3) is 0.308. The molecule has 6 heteroatoms. The standard InChI is InChI=1S/C26H26ClNO4/c1-3-5-6-13-28-23(17-9-7-16(4-2)8-10-17)22(25(30)26(28)31)24(29)21-15-18-14-19(27)11-12-20(18)32-21/h7-12,14-15,23,30H,3-6,13H2,1-2H3. The lowest BCUT2D eigenvalue weighted by Crippen LogP contribution is -2.32. The van der Waals surface area contributed by atoms with Crippen molar-refractivity contribution in [3.63, 3.8) is 0 Å². The Morgan fingerprint density at radius 3 is 2.53 bits per heavy atom. The number of aliphatic hydroxyl groups excluding tert-OH is 1. The van der Waals surface area contributed by atoms with Crippen molar-refractivity contribution in [2.45, 2.75) is 45.6 Å². The number of benzene rings is 2. The number of halogens is 1. The van der Waals surface area contributed by atoms with Gasteiger partial charge in [0.1, 0.15) is 5.58 Å². The SMILES string of the molecule is CCCCCN1C(=O)C(O)=C(C(=O)c2cc3cc(Cl)ccc3o2)C1c1ccc(CC)cc1. The van der Waals surface area contributed by atoms with Crippen LogP contribution in [-0.4, -0.2) is 28.2 Å². The first kappa shape index (κ1) is 22.2. The molecular formula is C26H26ClNO4. The molecule has 1 unspecified atom stereocenters. The van der Waals surface area contributed by atoms with Gasteiger partial charge in [-0.05, 0) is 48.2 Å². The molecule has 0 aliphatic carbocycles. The minimum atomic E-state index is -0.658. The highest BCUT2D eigenvalue weighted by Gasteiger charge is 2.44. The zero-order valence-electron chi connectivity index (χ0n) is 18.2. The van der Waals surface area contributed by atoms with Gasteiger partial charge < -0.3 is 14.4 Å². The molecule has 0 spiro atoms. The number of fused-ring (bicyclic) bond motifs is 1. The fourth-order valence-electron chi connectivity index (χ4n) is 4.19. The van der Waals surface area contributed by atoms with E-state index in [0.29, 0.717) is 22.5 Å². The molecule has 1 aliphatic heterocycles. The Bertz CT molecular complexity index is 1190. The normalized spacial score (nSPS) is 16.4. The molecule has 4 rings (SSSR count). The van der Waals surface area contributed by atoms with E-state index in [9.17, 15) is 14.7 Å². The summed E-state index contributed by atoms with van der Waals surface area (Å²) in [6.07, 6.45) is 3.65. The summed E-state index contributed by atoms with van der Waals surface area (Å²) in [6, 6.07) is 13.9. The Kier molecular flexibility index (Phi) is 6.38. The number of furan rings is 1. The van der Waals surface area contributed by atoms with Crippen molar-refractivity contribution < 1.29 is 19.1 Å². The molecule has 5 nitrogen and oxygen atoms in total. The minimum Gasteiger partial charge on any atom is -0.503 e. The molecule has 2 heterocycles. The van der Waals surface area contributed by atoms with Crippen molar-refractivity contribution in [1.29, 1.82) is 0 Å². The molecule has 166 valence electrons. The number of nitrogens with zero attached hydrogens (tertiary/aromatic N) is 1. The third-order valence-electron chi connectivity index (χ3n) is 5.96. The number of ketones is 1. The molecule has 2 aromatic carbocycles. The van der Waals surface area contributed by atoms with E-state index in [-0.39, 0.29) is 11.3 Å². The summed E-state index contributed by atoms with van der Waals surface area (Å²) in [4.78, 5) is 28.1. The van der Waals surface area contributed by atoms with Crippen LogP contribution in [0.1, 0.15) is 60.8 Å². The van der Waals surface area contributed by atoms with Gasteiger partial charge in [0, 0.05) is 17.0 Å². The largest absolute Gasteiger partial charge is 0.503 e. The van der Waals surface area contributed by atoms with E-state index in [1.165, 1.54) is 0 Å². The summed E-state index contributed by atoms with van der Waals surface area (Å²) in [5.74, 6) is -1.45. The Morgan fingerprint density at radius 2 is 1.84 bits per heavy atom. The summed E-state index contributed by atoms with van der Waals surface area (Å²) >= 11 is 6.06. The number of aliphatic hydroxyl groups is 1. The number of unbranched alkanes of at least 4 members (excludes halogenated alkanes) is 2. The molecule has 1 aliphatic rings. The molecule has 0 saturated heterocycles. The van der Waals surface area contributed by atoms with Crippen LogP contribution in [0.2, 0.25) is 5.02 Å². The van der Waals surface area contributed by atoms with Gasteiger partial charge in [0.15, 0.2) is 11.5 Å². The zero-order chi connectivity index (χ0) is 22.8. The molecule has 0 bridgehead atoms. The van der Waals surface area contributed by atoms with Crippen LogP contribution < -0.4 is 0 Å². The van der Waals surface area contributed by atoms with Gasteiger partial charge in [0.2, 0.25) is 5.78 Å². The van der Waals surface area contributed by atoms with E-state index >= 15 is 0 Å². The van der Waals surface area contributed by atoms with Crippen LogP contribution in [0, 0.1) is 0 Å². The lowest BCUT2D eigenvalue weighted by molar-refractivity contribution is -0.129. The van der Waals surface area contributed by atoms with Crippen LogP contribution in [0.5, 0.6) is 0 Å². The molecule has 0 fully saturated rings. The summed E-state index contributed by atoms with van der Waals surface area (Å²) < 4.78 is 5.75. The fourth-order valence-corrected chi connectivity index (χ4v) is 4.37. The van der Waals surface area contributed by atoms with Gasteiger partial charge in [-0.25, -0.2) is 0 Å². The van der Waals surface area contributed by atoms with Crippen LogP contribution in [0.4, 0.5) is 0 Å². The second kappa shape index (κ2) is 9.21. The van der Waals surface area contributed by atoms with E-state index in [4.69, 9.17) is 16.0 Å². The number of hydrogen-bond acceptors (Lipinski definition) is 4. The zero-order valence-corrected chi connectivity index (χ0v) is 19.0. The maximum Gasteiger partial charge on any atom is 0.290 e. The first-order valence-corrected chi connectivity index (χ1v) is 11.4. The average Bonchev–Trinajstić information content (AvgIpc) is 3.33. The van der Waals surface area contributed by atoms with Crippen LogP contribution in [-0.2, 0) is 11.2 Å². The van der Waals surface area contributed by atoms with E-state index in [1.807, 2.05) is 24.3 Å². The maximum atomic E-state index is 13.5. The summed E-state index contributed by atoms with van der Waals surface area (Å²) in [7, 11) is 0. The third kappa shape index (κ3) is 4.05. The second-order valence-electron chi connectivity index (χ2n) is 8.09. The average molecular weight is 452 g/mol. The second-order valence-corrected chi connectivity index (χ2v) is 8.52. The molecule has 1 atom stereocenters. The van der Waals surface area contributed by atoms with Crippen LogP contribution in [0.3, 0.4) is 0 Å². The summed E-state index contributed by atoms with van der Waals surface area (Å²) in [5.41, 5.74) is 2.52. The number of carbonyl (C=O) groups excluding carboxylic acids is 2. The molecule has 3 aromatic rings. The highest BCUT2D eigenvalue weighted by Crippen LogP contribution is 2.40. The Labute approximate surface area is 192 Å². The van der Waals surface area contributed by atoms with Crippen molar-refractivity contribution in [3.05, 3.63) is 81.8 Å². The van der Waals surface area contributed by atoms with Crippen molar-refractivity contribution in [1.82, 2.24) is 4.90 Å². The highest BCUT2D eigenvalue weighted by atomic mass is 35.5. The molecule has 0 saturated carbocycles. The first-order valence-electron chi connectivity index (χ1n) is 11.0. The number of rotatable bonds is 8. The van der Waals surface area contributed by atoms with Gasteiger partial charge in [-0.1, -0.05) is 62.6 Å². The highest BCUT2D eigenvalue weighted by molar-refractivity contribution is 6.31. The monoisotopic (exact) mass is 451 g/mol. The molecule has 1 amide bonds. The maximum absolute atomic E-state index is 13.5. The smallest absolute Gasteiger partial charge is 0.290 e. The molecule has 32 heavy (non-hydrogen) atoms. The van der Waals surface area contributed by atoms with Gasteiger partial charge in [-0.2, -0.15) is 0 Å². The third-order valence-corrected chi connectivity index (χ3v) is 6.19. The Morgan fingerprint density at radius 1 is 1.09 bits per heavy atom. The predicted octanol–water partition coefficient (Wildman–Crippen LogP) is 6.42. The summed E-state index contributed by atoms with van der Waals surface area (Å²) in [6.45, 7) is 4.62. The van der Waals surface area contributed by atoms with Gasteiger partial charge in [0.05, 0.1) is 11.6 Å². The number of amides is 1. The van der Waals surface area contributed by atoms with Crippen LogP contribution in [0.15, 0.2) is 64.3 Å². The van der Waals surface area contributed by atoms with Gasteiger partial charge in [0.25, 0.3) is 5.91 Å². The van der Waals surface area contributed by atoms with Gasteiger partial charge >= 0.3 is 0 Å². The minimum absolute atomic E-state index is 0.0564. The van der Waals surface area contributed by atoms with Crippen molar-refractivity contribution in [2.24, 2.45) is 0 Å². The lowest BCUT2D eigenvalue weighted by Gasteiger charge is -2.26. The van der Waals surface area contributed by atoms with E-state index in [0.717, 1.165) is 36.8 Å². The van der Waals surface area contributed by atoms with E-state index in [1.54, 1.807) is 29.2 Å². The van der Waals surface area contributed by atoms with Gasteiger partial charge in [-0.15, -0.1) is 0 Å². The molecule has 1 aromatic heterocycles. The van der Waals surface area contributed by atoms with Gasteiger partial charge in [-0.3, -0.25) is 9.59 Å². The number of Topliss-reactive ketones (excluding diaryl/α,β-unsaturated/α-hetero) is 1. The Balaban J connectivity index is 1.76. The number of hydrogen-bond donors (Lipinski definition) is 1. The molecule has 0 radical (unpaired) electrons. The van der Waals surface area contributed by atoms with Crippen LogP contribution >= 0.6 is 11.6 Å². The number of carbonyl (C=O) groups is 2. The van der Waals surface area contributed by atoms with E-state index < -0.39 is 23.5 Å². The van der Waals surface area contributed by atoms with Crippen molar-refractivity contribution in [3.8, 4) is 0 Å². The van der Waals surface area contributed by atoms with Crippen molar-refractivity contribution in [2.75, 3.05) is 6.54 Å². The molecule has 1 N–H and O–H groups in total. The molecular weight excluding hydrogens is 426 g/mol. The topological polar surface area (TPSA) is 70.8 Å². The Hall–Kier alpha value is -3.05. The quantitative estimate of drug-likeness (QED) is 0.317. The van der Waals surface area contributed by atoms with Crippen LogP contribution in [0.25, 0.3) is 11.0 Å². The van der Waals surface area contributed by atoms with E-state index in [2.05, 4.69) is 13.8 Å². The van der Waals surface area contributed by atoms with Crippen molar-refractivity contribution >= 4 is 34.3 Å². The lowest BCUT2D eigenvalue weighted by atomic mass is 9.94. The number of aryl methyl sites for hydroxylation is 1. The summed E-state index contributed by atoms with van der Waals surface area (Å²) in [5, 5.41) is 12.0. The first-order chi connectivity index (χ1) is 15.4. The predicted molar refractivity (Wildman–Crippen MR) is 125 cm³/mol.